The maximum atomic E-state index is 13.1. The molecule has 0 amide bonds. The van der Waals surface area contributed by atoms with Gasteiger partial charge in [-0.15, -0.1) is 10.2 Å². The molecule has 0 saturated heterocycles. The molecule has 0 aliphatic heterocycles. The molecule has 0 aliphatic carbocycles. The Kier molecular flexibility index (Phi) is 8.50. The summed E-state index contributed by atoms with van der Waals surface area (Å²) < 4.78 is 29.5. The summed E-state index contributed by atoms with van der Waals surface area (Å²) in [7, 11) is -3.67. The molecular weight excluding hydrogens is 524 g/mol. The molecule has 4 rings (SSSR count). The van der Waals surface area contributed by atoms with Gasteiger partial charge in [-0.3, -0.25) is 9.36 Å². The van der Waals surface area contributed by atoms with Crippen LogP contribution in [0.1, 0.15) is 29.8 Å². The third kappa shape index (κ3) is 5.90. The minimum Gasteiger partial charge on any atom is -0.508 e. The van der Waals surface area contributed by atoms with Crippen molar-refractivity contribution < 1.29 is 23.4 Å². The van der Waals surface area contributed by atoms with E-state index < -0.39 is 10.0 Å². The summed E-state index contributed by atoms with van der Waals surface area (Å²) >= 11 is 1.16. The molecule has 4 aromatic rings. The van der Waals surface area contributed by atoms with Crippen molar-refractivity contribution >= 4 is 27.6 Å². The van der Waals surface area contributed by atoms with Crippen LogP contribution >= 0.6 is 11.8 Å². The average Bonchev–Trinajstić information content (AvgIpc) is 3.30. The van der Waals surface area contributed by atoms with E-state index in [1.54, 1.807) is 38.1 Å². The zero-order valence-electron chi connectivity index (χ0n) is 21.0. The number of hydrogen-bond donors (Lipinski definition) is 2. The molecule has 0 fully saturated rings. The van der Waals surface area contributed by atoms with Gasteiger partial charge in [-0.2, -0.15) is 4.31 Å². The Hall–Kier alpha value is -3.67. The summed E-state index contributed by atoms with van der Waals surface area (Å²) in [6.07, 6.45) is 0. The fourth-order valence-corrected chi connectivity index (χ4v) is 6.31. The minimum atomic E-state index is -3.67. The molecule has 0 unspecified atom stereocenters. The van der Waals surface area contributed by atoms with Crippen LogP contribution in [0.5, 0.6) is 11.5 Å². The van der Waals surface area contributed by atoms with Gasteiger partial charge in [-0.1, -0.05) is 68.1 Å². The molecule has 0 atom stereocenters. The second-order valence-corrected chi connectivity index (χ2v) is 11.3. The van der Waals surface area contributed by atoms with Gasteiger partial charge in [0, 0.05) is 24.7 Å². The summed E-state index contributed by atoms with van der Waals surface area (Å²) in [6.45, 7) is 4.71. The number of hydrogen-bond acceptors (Lipinski definition) is 8. The van der Waals surface area contributed by atoms with Crippen LogP contribution < -0.4 is 0 Å². The summed E-state index contributed by atoms with van der Waals surface area (Å²) in [5.41, 5.74) is 1.65. The second kappa shape index (κ2) is 11.8. The fraction of sp³-hybridized carbons (Fsp3) is 0.222. The number of nitrogens with zero attached hydrogens (tertiary/aromatic N) is 4. The number of carbonyl (C=O) groups is 1. The lowest BCUT2D eigenvalue weighted by Crippen LogP contribution is -2.30. The Morgan fingerprint density at radius 1 is 0.947 bits per heavy atom. The molecule has 38 heavy (non-hydrogen) atoms. The van der Waals surface area contributed by atoms with Crippen molar-refractivity contribution in [2.45, 2.75) is 30.4 Å². The highest BCUT2D eigenvalue weighted by Crippen LogP contribution is 2.29. The summed E-state index contributed by atoms with van der Waals surface area (Å²) in [4.78, 5) is 12.9. The van der Waals surface area contributed by atoms with Crippen LogP contribution in [0.15, 0.2) is 82.8 Å². The van der Waals surface area contributed by atoms with Crippen molar-refractivity contribution in [2.24, 2.45) is 0 Å². The van der Waals surface area contributed by atoms with Gasteiger partial charge in [0.05, 0.1) is 22.8 Å². The van der Waals surface area contributed by atoms with Gasteiger partial charge in [0.25, 0.3) is 0 Å². The smallest absolute Gasteiger partial charge is 0.243 e. The number of phenols is 2. The zero-order chi connectivity index (χ0) is 27.3. The number of sulfonamides is 1. The van der Waals surface area contributed by atoms with Gasteiger partial charge in [0.1, 0.15) is 11.5 Å². The molecule has 0 radical (unpaired) electrons. The van der Waals surface area contributed by atoms with Crippen molar-refractivity contribution in [3.8, 4) is 22.9 Å². The second-order valence-electron chi connectivity index (χ2n) is 8.41. The number of carbonyl (C=O) groups excluding carboxylic acids is 1. The number of thioether (sulfide) groups is 1. The summed E-state index contributed by atoms with van der Waals surface area (Å²) in [5.74, 6) is -0.331. The number of benzene rings is 3. The van der Waals surface area contributed by atoms with E-state index in [-0.39, 0.29) is 33.5 Å². The largest absolute Gasteiger partial charge is 0.508 e. The van der Waals surface area contributed by atoms with E-state index >= 15 is 0 Å². The van der Waals surface area contributed by atoms with E-state index in [1.165, 1.54) is 16.4 Å². The number of phenolic OH excluding ortho intramolecular Hbond substituents is 2. The van der Waals surface area contributed by atoms with Gasteiger partial charge in [-0.05, 0) is 29.8 Å². The predicted molar refractivity (Wildman–Crippen MR) is 146 cm³/mol. The van der Waals surface area contributed by atoms with Gasteiger partial charge in [-0.25, -0.2) is 8.42 Å². The Bertz CT molecular complexity index is 1530. The topological polar surface area (TPSA) is 126 Å². The lowest BCUT2D eigenvalue weighted by Gasteiger charge is -2.19. The first kappa shape index (κ1) is 27.4. The summed E-state index contributed by atoms with van der Waals surface area (Å²) in [5, 5.41) is 28.7. The van der Waals surface area contributed by atoms with Crippen LogP contribution in [0, 0.1) is 0 Å². The lowest BCUT2D eigenvalue weighted by atomic mass is 10.1. The van der Waals surface area contributed by atoms with Crippen LogP contribution in [0.25, 0.3) is 11.4 Å². The molecule has 1 aromatic heterocycles. The molecule has 2 N–H and O–H groups in total. The van der Waals surface area contributed by atoms with Crippen LogP contribution in [0.3, 0.4) is 0 Å². The third-order valence-electron chi connectivity index (χ3n) is 5.95. The first-order valence-electron chi connectivity index (χ1n) is 12.0. The van der Waals surface area contributed by atoms with Gasteiger partial charge in [0.15, 0.2) is 16.8 Å². The molecule has 0 aliphatic rings. The molecule has 0 spiro atoms. The number of aromatic hydroxyl groups is 2. The quantitative estimate of drug-likeness (QED) is 0.207. The first-order valence-corrected chi connectivity index (χ1v) is 14.4. The van der Waals surface area contributed by atoms with Crippen molar-refractivity contribution in [3.05, 3.63) is 83.9 Å². The highest BCUT2D eigenvalue weighted by atomic mass is 32.2. The molecular formula is C27H28N4O5S2. The van der Waals surface area contributed by atoms with Crippen LogP contribution in [0.4, 0.5) is 0 Å². The Labute approximate surface area is 225 Å². The van der Waals surface area contributed by atoms with Gasteiger partial charge >= 0.3 is 0 Å². The number of aromatic nitrogens is 3. The fourth-order valence-electron chi connectivity index (χ4n) is 3.99. The monoisotopic (exact) mass is 552 g/mol. The van der Waals surface area contributed by atoms with E-state index in [2.05, 4.69) is 10.2 Å². The molecule has 0 bridgehead atoms. The van der Waals surface area contributed by atoms with Gasteiger partial charge < -0.3 is 10.2 Å². The highest BCUT2D eigenvalue weighted by Gasteiger charge is 2.24. The van der Waals surface area contributed by atoms with E-state index in [0.29, 0.717) is 36.2 Å². The maximum absolute atomic E-state index is 13.1. The van der Waals surface area contributed by atoms with Crippen LogP contribution in [-0.2, 0) is 16.6 Å². The molecule has 9 nitrogen and oxygen atoms in total. The SMILES string of the molecule is CCN(CC)S(=O)(=O)c1cccc(-c2nnc(SCC(=O)c3ccc(O)cc3O)n2Cc2ccccc2)c1. The molecule has 198 valence electrons. The number of rotatable bonds is 11. The van der Waals surface area contributed by atoms with E-state index in [0.717, 1.165) is 23.4 Å². The first-order chi connectivity index (χ1) is 18.2. The van der Waals surface area contributed by atoms with Crippen molar-refractivity contribution in [1.29, 1.82) is 0 Å². The van der Waals surface area contributed by atoms with Crippen LogP contribution in [-0.4, -0.2) is 62.3 Å². The molecule has 1 heterocycles. The standard InChI is InChI=1S/C27H28N4O5S2/c1-3-30(4-2)38(35,36)22-12-8-11-20(15-22)26-28-29-27(31(26)17-19-9-6-5-7-10-19)37-18-25(34)23-14-13-21(32)16-24(23)33/h5-16,32-33H,3-4,17-18H2,1-2H3. The van der Waals surface area contributed by atoms with E-state index in [9.17, 15) is 23.4 Å². The van der Waals surface area contributed by atoms with E-state index in [4.69, 9.17) is 0 Å². The normalized spacial score (nSPS) is 11.7. The lowest BCUT2D eigenvalue weighted by molar-refractivity contribution is 0.102. The van der Waals surface area contributed by atoms with E-state index in [1.807, 2.05) is 34.9 Å². The minimum absolute atomic E-state index is 0.0262. The Morgan fingerprint density at radius 3 is 2.37 bits per heavy atom. The van der Waals surface area contributed by atoms with Crippen molar-refractivity contribution in [3.63, 3.8) is 0 Å². The highest BCUT2D eigenvalue weighted by molar-refractivity contribution is 7.99. The van der Waals surface area contributed by atoms with Crippen LogP contribution in [0.2, 0.25) is 0 Å². The number of Topliss-reactive ketones (excluding diaryl/α,β-unsaturated/α-hetero) is 1. The number of ketones is 1. The third-order valence-corrected chi connectivity index (χ3v) is 8.96. The molecule has 11 heteroatoms. The summed E-state index contributed by atoms with van der Waals surface area (Å²) in [6, 6.07) is 20.1. The maximum Gasteiger partial charge on any atom is 0.243 e. The Balaban J connectivity index is 1.69. The molecule has 3 aromatic carbocycles. The van der Waals surface area contributed by atoms with Crippen molar-refractivity contribution in [1.82, 2.24) is 19.1 Å². The molecule has 0 saturated carbocycles. The zero-order valence-corrected chi connectivity index (χ0v) is 22.6. The van der Waals surface area contributed by atoms with Crippen molar-refractivity contribution in [2.75, 3.05) is 18.8 Å². The predicted octanol–water partition coefficient (Wildman–Crippen LogP) is 4.41. The van der Waals surface area contributed by atoms with Gasteiger partial charge in [0.2, 0.25) is 10.0 Å². The average molecular weight is 553 g/mol. The Morgan fingerprint density at radius 2 is 1.68 bits per heavy atom.